The van der Waals surface area contributed by atoms with Crippen LogP contribution >= 0.6 is 0 Å². The summed E-state index contributed by atoms with van der Waals surface area (Å²) in [7, 11) is 0. The second kappa shape index (κ2) is 5.48. The van der Waals surface area contributed by atoms with Crippen molar-refractivity contribution in [2.24, 2.45) is 5.92 Å². The highest BCUT2D eigenvalue weighted by atomic mass is 16.6. The summed E-state index contributed by atoms with van der Waals surface area (Å²) in [6.07, 6.45) is 1.73. The van der Waals surface area contributed by atoms with Gasteiger partial charge in [-0.25, -0.2) is 0 Å². The minimum Gasteiger partial charge on any atom is -0.358 e. The second-order valence-electron chi connectivity index (χ2n) is 5.85. The maximum Gasteiger partial charge on any atom is 0.392 e. The molecule has 1 heterocycles. The standard InChI is InChI=1S/C12H22N4O2/c1-9(6-13-12(3,4)5)7-15-8-10(2)11(14-15)16(17)18/h8-9,13H,6-7H2,1-5H3. The van der Waals surface area contributed by atoms with Gasteiger partial charge in [0.2, 0.25) is 0 Å². The first-order valence-corrected chi connectivity index (χ1v) is 6.12. The van der Waals surface area contributed by atoms with Crippen molar-refractivity contribution in [2.75, 3.05) is 6.54 Å². The van der Waals surface area contributed by atoms with E-state index in [-0.39, 0.29) is 11.4 Å². The minimum absolute atomic E-state index is 0.0500. The Bertz CT molecular complexity index is 420. The van der Waals surface area contributed by atoms with Gasteiger partial charge in [-0.1, -0.05) is 6.92 Å². The van der Waals surface area contributed by atoms with E-state index in [1.54, 1.807) is 17.8 Å². The van der Waals surface area contributed by atoms with E-state index in [0.29, 0.717) is 18.0 Å². The maximum absolute atomic E-state index is 10.7. The molecule has 6 nitrogen and oxygen atoms in total. The average molecular weight is 254 g/mol. The number of nitro groups is 1. The van der Waals surface area contributed by atoms with E-state index in [0.717, 1.165) is 6.54 Å². The molecule has 0 saturated carbocycles. The van der Waals surface area contributed by atoms with Gasteiger partial charge in [-0.3, -0.25) is 0 Å². The molecule has 0 radical (unpaired) electrons. The van der Waals surface area contributed by atoms with Gasteiger partial charge < -0.3 is 15.4 Å². The van der Waals surface area contributed by atoms with E-state index in [1.807, 2.05) is 0 Å². The molecule has 0 bridgehead atoms. The molecule has 1 rings (SSSR count). The Morgan fingerprint density at radius 3 is 2.61 bits per heavy atom. The summed E-state index contributed by atoms with van der Waals surface area (Å²) >= 11 is 0. The first-order valence-electron chi connectivity index (χ1n) is 6.12. The molecule has 1 atom stereocenters. The molecular formula is C12H22N4O2. The Morgan fingerprint density at radius 2 is 2.17 bits per heavy atom. The monoisotopic (exact) mass is 254 g/mol. The Balaban J connectivity index is 2.57. The summed E-state index contributed by atoms with van der Waals surface area (Å²) in [5.41, 5.74) is 0.691. The van der Waals surface area contributed by atoms with E-state index in [1.165, 1.54) is 0 Å². The topological polar surface area (TPSA) is 73.0 Å². The zero-order chi connectivity index (χ0) is 13.9. The molecular weight excluding hydrogens is 232 g/mol. The fraction of sp³-hybridized carbons (Fsp3) is 0.750. The SMILES string of the molecule is Cc1cn(CC(C)CNC(C)(C)C)nc1[N+](=O)[O-]. The Labute approximate surface area is 108 Å². The lowest BCUT2D eigenvalue weighted by atomic mass is 10.1. The number of nitrogens with zero attached hydrogens (tertiary/aromatic N) is 3. The quantitative estimate of drug-likeness (QED) is 0.645. The highest BCUT2D eigenvalue weighted by molar-refractivity contribution is 5.27. The number of aromatic nitrogens is 2. The van der Waals surface area contributed by atoms with Crippen LogP contribution in [0.25, 0.3) is 0 Å². The van der Waals surface area contributed by atoms with Gasteiger partial charge in [0.25, 0.3) is 0 Å². The third kappa shape index (κ3) is 4.44. The molecule has 0 amide bonds. The lowest BCUT2D eigenvalue weighted by Crippen LogP contribution is -2.39. The first-order chi connectivity index (χ1) is 8.19. The van der Waals surface area contributed by atoms with Crippen molar-refractivity contribution in [1.82, 2.24) is 15.1 Å². The summed E-state index contributed by atoms with van der Waals surface area (Å²) in [4.78, 5) is 10.3. The van der Waals surface area contributed by atoms with Crippen molar-refractivity contribution in [3.63, 3.8) is 0 Å². The first kappa shape index (κ1) is 14.6. The molecule has 1 aromatic heterocycles. The normalized spacial score (nSPS) is 13.6. The summed E-state index contributed by atoms with van der Waals surface area (Å²) in [5, 5.41) is 18.1. The molecule has 0 fully saturated rings. The summed E-state index contributed by atoms with van der Waals surface area (Å²) < 4.78 is 1.66. The predicted molar refractivity (Wildman–Crippen MR) is 70.5 cm³/mol. The molecule has 1 unspecified atom stereocenters. The molecule has 0 aliphatic rings. The molecule has 0 spiro atoms. The smallest absolute Gasteiger partial charge is 0.358 e. The molecule has 1 aromatic rings. The number of rotatable bonds is 5. The van der Waals surface area contributed by atoms with E-state index >= 15 is 0 Å². The molecule has 0 saturated heterocycles. The van der Waals surface area contributed by atoms with Crippen LogP contribution in [0.5, 0.6) is 0 Å². The lowest BCUT2D eigenvalue weighted by molar-refractivity contribution is -0.390. The molecule has 18 heavy (non-hydrogen) atoms. The molecule has 102 valence electrons. The number of nitrogens with one attached hydrogen (secondary N) is 1. The predicted octanol–water partition coefficient (Wildman–Crippen LogP) is 2.12. The van der Waals surface area contributed by atoms with Gasteiger partial charge >= 0.3 is 5.82 Å². The van der Waals surface area contributed by atoms with Crippen molar-refractivity contribution < 1.29 is 4.92 Å². The van der Waals surface area contributed by atoms with E-state index in [2.05, 4.69) is 38.1 Å². The second-order valence-corrected chi connectivity index (χ2v) is 5.85. The van der Waals surface area contributed by atoms with Crippen molar-refractivity contribution in [1.29, 1.82) is 0 Å². The van der Waals surface area contributed by atoms with Crippen LogP contribution in [0.2, 0.25) is 0 Å². The summed E-state index contributed by atoms with van der Waals surface area (Å²) in [6.45, 7) is 11.7. The van der Waals surface area contributed by atoms with E-state index in [9.17, 15) is 10.1 Å². The van der Waals surface area contributed by atoms with Crippen LogP contribution in [0.1, 0.15) is 33.3 Å². The number of hydrogen-bond acceptors (Lipinski definition) is 4. The van der Waals surface area contributed by atoms with Gasteiger partial charge in [0.1, 0.15) is 0 Å². The van der Waals surface area contributed by atoms with Crippen LogP contribution in [-0.4, -0.2) is 26.8 Å². The molecule has 6 heteroatoms. The highest BCUT2D eigenvalue weighted by Gasteiger charge is 2.18. The minimum atomic E-state index is -0.441. The van der Waals surface area contributed by atoms with Gasteiger partial charge in [-0.05, 0) is 38.5 Å². The maximum atomic E-state index is 10.7. The Kier molecular flexibility index (Phi) is 4.45. The van der Waals surface area contributed by atoms with Crippen molar-refractivity contribution >= 4 is 5.82 Å². The Hall–Kier alpha value is -1.43. The third-order valence-electron chi connectivity index (χ3n) is 2.57. The molecule has 0 aliphatic heterocycles. The van der Waals surface area contributed by atoms with Gasteiger partial charge in [0.05, 0.1) is 23.4 Å². The fourth-order valence-corrected chi connectivity index (χ4v) is 1.65. The molecule has 1 N–H and O–H groups in total. The average Bonchev–Trinajstić information content (AvgIpc) is 2.55. The van der Waals surface area contributed by atoms with Crippen LogP contribution in [0.4, 0.5) is 5.82 Å². The summed E-state index contributed by atoms with van der Waals surface area (Å²) in [5.74, 6) is 0.314. The van der Waals surface area contributed by atoms with Gasteiger partial charge in [0.15, 0.2) is 0 Å². The molecule has 0 aromatic carbocycles. The summed E-state index contributed by atoms with van der Waals surface area (Å²) in [6, 6.07) is 0. The van der Waals surface area contributed by atoms with Gasteiger partial charge in [-0.2, -0.15) is 4.68 Å². The van der Waals surface area contributed by atoms with Crippen molar-refractivity contribution in [3.8, 4) is 0 Å². The molecule has 0 aliphatic carbocycles. The fourth-order valence-electron chi connectivity index (χ4n) is 1.65. The van der Waals surface area contributed by atoms with Crippen LogP contribution in [0.3, 0.4) is 0 Å². The zero-order valence-corrected chi connectivity index (χ0v) is 11.7. The van der Waals surface area contributed by atoms with Crippen LogP contribution in [-0.2, 0) is 6.54 Å². The van der Waals surface area contributed by atoms with Crippen molar-refractivity contribution in [2.45, 2.75) is 46.7 Å². The highest BCUT2D eigenvalue weighted by Crippen LogP contribution is 2.15. The van der Waals surface area contributed by atoms with Crippen LogP contribution in [0.15, 0.2) is 6.20 Å². The van der Waals surface area contributed by atoms with E-state index in [4.69, 9.17) is 0 Å². The van der Waals surface area contributed by atoms with Gasteiger partial charge in [-0.15, -0.1) is 0 Å². The zero-order valence-electron chi connectivity index (χ0n) is 11.7. The Morgan fingerprint density at radius 1 is 1.56 bits per heavy atom. The third-order valence-corrected chi connectivity index (χ3v) is 2.57. The van der Waals surface area contributed by atoms with Crippen LogP contribution in [0, 0.1) is 23.0 Å². The lowest BCUT2D eigenvalue weighted by Gasteiger charge is -2.22. The van der Waals surface area contributed by atoms with Gasteiger partial charge in [0, 0.05) is 12.1 Å². The number of aryl methyl sites for hydroxylation is 1. The van der Waals surface area contributed by atoms with Crippen LogP contribution < -0.4 is 5.32 Å². The number of hydrogen-bond donors (Lipinski definition) is 1. The van der Waals surface area contributed by atoms with Crippen molar-refractivity contribution in [3.05, 3.63) is 21.9 Å². The van der Waals surface area contributed by atoms with E-state index < -0.39 is 4.92 Å². The largest absolute Gasteiger partial charge is 0.392 e.